The van der Waals surface area contributed by atoms with Crippen molar-refractivity contribution in [2.45, 2.75) is 0 Å². The zero-order valence-corrected chi connectivity index (χ0v) is 10.4. The molecular formula is C17H13NO. The summed E-state index contributed by atoms with van der Waals surface area (Å²) in [6.45, 7) is 0. The van der Waals surface area contributed by atoms with Crippen molar-refractivity contribution in [3.05, 3.63) is 84.7 Å². The summed E-state index contributed by atoms with van der Waals surface area (Å²) in [5.74, 6) is -0.00977. The van der Waals surface area contributed by atoms with Crippen molar-refractivity contribution in [2.75, 3.05) is 0 Å². The highest BCUT2D eigenvalue weighted by molar-refractivity contribution is 6.02. The monoisotopic (exact) mass is 247 g/mol. The molecule has 3 aromatic rings. The molecule has 3 rings (SSSR count). The SMILES string of the molecule is O=C(c1ccccc1-c1ccccc1)n1cccc1. The number of aromatic nitrogens is 1. The molecule has 0 atom stereocenters. The molecule has 0 saturated carbocycles. The van der Waals surface area contributed by atoms with Crippen LogP contribution in [0.3, 0.4) is 0 Å². The van der Waals surface area contributed by atoms with Crippen LogP contribution in [0.15, 0.2) is 79.1 Å². The van der Waals surface area contributed by atoms with Crippen LogP contribution in [0.2, 0.25) is 0 Å². The van der Waals surface area contributed by atoms with Crippen LogP contribution in [0.4, 0.5) is 0 Å². The molecule has 0 aliphatic heterocycles. The lowest BCUT2D eigenvalue weighted by Gasteiger charge is -2.09. The predicted octanol–water partition coefficient (Wildman–Crippen LogP) is 3.84. The summed E-state index contributed by atoms with van der Waals surface area (Å²) in [6.07, 6.45) is 3.54. The van der Waals surface area contributed by atoms with Crippen molar-refractivity contribution in [3.8, 4) is 11.1 Å². The van der Waals surface area contributed by atoms with E-state index in [1.165, 1.54) is 0 Å². The largest absolute Gasteiger partial charge is 0.291 e. The molecule has 19 heavy (non-hydrogen) atoms. The first-order chi connectivity index (χ1) is 9.36. The van der Waals surface area contributed by atoms with Crippen molar-refractivity contribution in [1.82, 2.24) is 4.57 Å². The van der Waals surface area contributed by atoms with Gasteiger partial charge in [0.25, 0.3) is 5.91 Å². The Morgan fingerprint density at radius 1 is 0.737 bits per heavy atom. The van der Waals surface area contributed by atoms with E-state index in [-0.39, 0.29) is 5.91 Å². The lowest BCUT2D eigenvalue weighted by molar-refractivity contribution is 0.0961. The molecule has 92 valence electrons. The van der Waals surface area contributed by atoms with Gasteiger partial charge in [0.2, 0.25) is 0 Å². The number of benzene rings is 2. The normalized spacial score (nSPS) is 10.3. The molecule has 0 bridgehead atoms. The number of nitrogens with zero attached hydrogens (tertiary/aromatic N) is 1. The van der Waals surface area contributed by atoms with Crippen LogP contribution in [0.25, 0.3) is 11.1 Å². The smallest absolute Gasteiger partial charge is 0.262 e. The minimum Gasteiger partial charge on any atom is -0.291 e. The fourth-order valence-corrected chi connectivity index (χ4v) is 2.15. The van der Waals surface area contributed by atoms with Gasteiger partial charge in [0.15, 0.2) is 0 Å². The van der Waals surface area contributed by atoms with Crippen LogP contribution in [0.5, 0.6) is 0 Å². The maximum Gasteiger partial charge on any atom is 0.262 e. The third-order valence-corrected chi connectivity index (χ3v) is 3.08. The number of carbonyl (C=O) groups is 1. The highest BCUT2D eigenvalue weighted by atomic mass is 16.2. The lowest BCUT2D eigenvalue weighted by atomic mass is 9.99. The average Bonchev–Trinajstić information content (AvgIpc) is 3.02. The zero-order chi connectivity index (χ0) is 13.1. The number of carbonyl (C=O) groups excluding carboxylic acids is 1. The Labute approximate surface area is 111 Å². The molecule has 0 aliphatic rings. The van der Waals surface area contributed by atoms with Crippen LogP contribution in [-0.4, -0.2) is 10.5 Å². The highest BCUT2D eigenvalue weighted by Crippen LogP contribution is 2.24. The lowest BCUT2D eigenvalue weighted by Crippen LogP contribution is -2.10. The first-order valence-electron chi connectivity index (χ1n) is 6.18. The van der Waals surface area contributed by atoms with E-state index in [0.717, 1.165) is 11.1 Å². The van der Waals surface area contributed by atoms with E-state index >= 15 is 0 Å². The van der Waals surface area contributed by atoms with Gasteiger partial charge in [-0.05, 0) is 29.3 Å². The van der Waals surface area contributed by atoms with E-state index in [1.54, 1.807) is 17.0 Å². The van der Waals surface area contributed by atoms with Gasteiger partial charge >= 0.3 is 0 Å². The molecular weight excluding hydrogens is 234 g/mol. The van der Waals surface area contributed by atoms with E-state index < -0.39 is 0 Å². The van der Waals surface area contributed by atoms with Gasteiger partial charge in [0, 0.05) is 18.0 Å². The highest BCUT2D eigenvalue weighted by Gasteiger charge is 2.12. The van der Waals surface area contributed by atoms with Gasteiger partial charge in [-0.1, -0.05) is 48.5 Å². The van der Waals surface area contributed by atoms with E-state index in [0.29, 0.717) is 5.56 Å². The predicted molar refractivity (Wildman–Crippen MR) is 76.0 cm³/mol. The summed E-state index contributed by atoms with van der Waals surface area (Å²) in [6, 6.07) is 21.3. The van der Waals surface area contributed by atoms with Gasteiger partial charge < -0.3 is 0 Å². The Bertz CT molecular complexity index is 684. The second-order valence-electron chi connectivity index (χ2n) is 4.31. The molecule has 0 aliphatic carbocycles. The van der Waals surface area contributed by atoms with Crippen LogP contribution in [-0.2, 0) is 0 Å². The Hall–Kier alpha value is -2.61. The summed E-state index contributed by atoms with van der Waals surface area (Å²) in [4.78, 5) is 12.5. The second-order valence-corrected chi connectivity index (χ2v) is 4.31. The fourth-order valence-electron chi connectivity index (χ4n) is 2.15. The minimum atomic E-state index is -0.00977. The Morgan fingerprint density at radius 3 is 2.11 bits per heavy atom. The van der Waals surface area contributed by atoms with Gasteiger partial charge in [0.05, 0.1) is 0 Å². The van der Waals surface area contributed by atoms with Crippen molar-refractivity contribution in [2.24, 2.45) is 0 Å². The summed E-state index contributed by atoms with van der Waals surface area (Å²) >= 11 is 0. The molecule has 0 fully saturated rings. The number of hydrogen-bond acceptors (Lipinski definition) is 1. The summed E-state index contributed by atoms with van der Waals surface area (Å²) in [5, 5.41) is 0. The third kappa shape index (κ3) is 2.20. The molecule has 0 saturated heterocycles. The van der Waals surface area contributed by atoms with Gasteiger partial charge in [0.1, 0.15) is 0 Å². The van der Waals surface area contributed by atoms with Crippen molar-refractivity contribution >= 4 is 5.91 Å². The Balaban J connectivity index is 2.11. The Kier molecular flexibility index (Phi) is 2.99. The molecule has 1 heterocycles. The molecule has 2 nitrogen and oxygen atoms in total. The molecule has 0 radical (unpaired) electrons. The van der Waals surface area contributed by atoms with Crippen LogP contribution < -0.4 is 0 Å². The zero-order valence-electron chi connectivity index (χ0n) is 10.4. The standard InChI is InChI=1S/C17H13NO/c19-17(18-12-6-7-13-18)16-11-5-4-10-15(16)14-8-2-1-3-9-14/h1-13H. The molecule has 0 spiro atoms. The topological polar surface area (TPSA) is 22.0 Å². The van der Waals surface area contributed by atoms with Crippen molar-refractivity contribution in [3.63, 3.8) is 0 Å². The van der Waals surface area contributed by atoms with Gasteiger partial charge in [-0.3, -0.25) is 9.36 Å². The summed E-state index contributed by atoms with van der Waals surface area (Å²) < 4.78 is 1.60. The molecule has 0 N–H and O–H groups in total. The summed E-state index contributed by atoms with van der Waals surface area (Å²) in [7, 11) is 0. The number of rotatable bonds is 2. The van der Waals surface area contributed by atoms with E-state index in [1.807, 2.05) is 66.7 Å². The van der Waals surface area contributed by atoms with Crippen molar-refractivity contribution < 1.29 is 4.79 Å². The van der Waals surface area contributed by atoms with Crippen LogP contribution in [0, 0.1) is 0 Å². The van der Waals surface area contributed by atoms with Gasteiger partial charge in [-0.25, -0.2) is 0 Å². The number of hydrogen-bond donors (Lipinski definition) is 0. The fraction of sp³-hybridized carbons (Fsp3) is 0. The first kappa shape index (κ1) is 11.5. The molecule has 1 aromatic heterocycles. The van der Waals surface area contributed by atoms with E-state index in [9.17, 15) is 4.79 Å². The van der Waals surface area contributed by atoms with E-state index in [4.69, 9.17) is 0 Å². The molecule has 0 unspecified atom stereocenters. The van der Waals surface area contributed by atoms with Crippen LogP contribution in [0.1, 0.15) is 10.4 Å². The maximum absolute atomic E-state index is 12.5. The van der Waals surface area contributed by atoms with Gasteiger partial charge in [-0.15, -0.1) is 0 Å². The second kappa shape index (κ2) is 4.94. The van der Waals surface area contributed by atoms with Crippen molar-refractivity contribution in [1.29, 1.82) is 0 Å². The van der Waals surface area contributed by atoms with Crippen LogP contribution >= 0.6 is 0 Å². The average molecular weight is 247 g/mol. The first-order valence-corrected chi connectivity index (χ1v) is 6.18. The van der Waals surface area contributed by atoms with Gasteiger partial charge in [-0.2, -0.15) is 0 Å². The minimum absolute atomic E-state index is 0.00977. The molecule has 0 amide bonds. The molecule has 2 heteroatoms. The maximum atomic E-state index is 12.5. The molecule has 2 aromatic carbocycles. The van der Waals surface area contributed by atoms with E-state index in [2.05, 4.69) is 0 Å². The Morgan fingerprint density at radius 2 is 1.37 bits per heavy atom. The quantitative estimate of drug-likeness (QED) is 0.674. The summed E-state index contributed by atoms with van der Waals surface area (Å²) in [5.41, 5.74) is 2.73. The third-order valence-electron chi connectivity index (χ3n) is 3.08.